The van der Waals surface area contributed by atoms with Gasteiger partial charge in [0.1, 0.15) is 6.04 Å². The summed E-state index contributed by atoms with van der Waals surface area (Å²) in [6.07, 6.45) is 4.57. The van der Waals surface area contributed by atoms with Gasteiger partial charge in [0.2, 0.25) is 15.9 Å². The fraction of sp³-hybridized carbons (Fsp3) is 0.909. The summed E-state index contributed by atoms with van der Waals surface area (Å²) in [7, 11) is -3.29. The van der Waals surface area contributed by atoms with Crippen molar-refractivity contribution in [3.8, 4) is 0 Å². The van der Waals surface area contributed by atoms with E-state index in [2.05, 4.69) is 5.32 Å². The number of hydrogen-bond donors (Lipinski definition) is 1. The van der Waals surface area contributed by atoms with E-state index in [1.807, 2.05) is 0 Å². The van der Waals surface area contributed by atoms with E-state index in [1.54, 1.807) is 0 Å². The average Bonchev–Trinajstić information content (AvgIpc) is 2.95. The maximum Gasteiger partial charge on any atom is 0.238 e. The second kappa shape index (κ2) is 5.54. The lowest BCUT2D eigenvalue weighted by atomic mass is 10.2. The zero-order chi connectivity index (χ0) is 13.2. The SMILES string of the molecule is CS(=O)(=O)N1CCC[C@H]1C(=O)NC[C@H]1CCCO1. The Morgan fingerprint density at radius 1 is 1.39 bits per heavy atom. The van der Waals surface area contributed by atoms with Crippen LogP contribution in [-0.2, 0) is 19.6 Å². The molecular formula is C11H20N2O4S. The van der Waals surface area contributed by atoms with Gasteiger partial charge in [-0.1, -0.05) is 0 Å². The molecular weight excluding hydrogens is 256 g/mol. The minimum Gasteiger partial charge on any atom is -0.376 e. The zero-order valence-corrected chi connectivity index (χ0v) is 11.4. The van der Waals surface area contributed by atoms with E-state index >= 15 is 0 Å². The molecule has 0 radical (unpaired) electrons. The van der Waals surface area contributed by atoms with Crippen molar-refractivity contribution >= 4 is 15.9 Å². The molecule has 104 valence electrons. The van der Waals surface area contributed by atoms with E-state index in [9.17, 15) is 13.2 Å². The number of sulfonamides is 1. The van der Waals surface area contributed by atoms with Gasteiger partial charge in [0.25, 0.3) is 0 Å². The molecule has 2 rings (SSSR count). The lowest BCUT2D eigenvalue weighted by Crippen LogP contribution is -2.47. The van der Waals surface area contributed by atoms with Gasteiger partial charge in [-0.25, -0.2) is 8.42 Å². The molecule has 0 aliphatic carbocycles. The Labute approximate surface area is 108 Å². The summed E-state index contributed by atoms with van der Waals surface area (Å²) in [6.45, 7) is 1.67. The van der Waals surface area contributed by atoms with Crippen molar-refractivity contribution < 1.29 is 17.9 Å². The van der Waals surface area contributed by atoms with E-state index in [4.69, 9.17) is 4.74 Å². The van der Waals surface area contributed by atoms with Crippen LogP contribution in [0.1, 0.15) is 25.7 Å². The smallest absolute Gasteiger partial charge is 0.238 e. The summed E-state index contributed by atoms with van der Waals surface area (Å²) >= 11 is 0. The minimum absolute atomic E-state index is 0.0852. The number of amides is 1. The fourth-order valence-corrected chi connectivity index (χ4v) is 3.66. The third-order valence-corrected chi connectivity index (χ3v) is 4.75. The van der Waals surface area contributed by atoms with Crippen molar-refractivity contribution in [2.24, 2.45) is 0 Å². The maximum atomic E-state index is 12.0. The first kappa shape index (κ1) is 13.8. The highest BCUT2D eigenvalue weighted by atomic mass is 32.2. The van der Waals surface area contributed by atoms with E-state index in [0.29, 0.717) is 19.5 Å². The van der Waals surface area contributed by atoms with Crippen LogP contribution in [0.2, 0.25) is 0 Å². The Bertz CT molecular complexity index is 403. The van der Waals surface area contributed by atoms with Gasteiger partial charge in [-0.2, -0.15) is 4.31 Å². The normalized spacial score (nSPS) is 29.6. The third-order valence-electron chi connectivity index (χ3n) is 3.46. The first-order chi connectivity index (χ1) is 8.48. The number of nitrogens with zero attached hydrogens (tertiary/aromatic N) is 1. The van der Waals surface area contributed by atoms with Crippen LogP contribution in [0, 0.1) is 0 Å². The van der Waals surface area contributed by atoms with Gasteiger partial charge in [0.15, 0.2) is 0 Å². The topological polar surface area (TPSA) is 75.7 Å². The molecule has 0 bridgehead atoms. The number of nitrogens with one attached hydrogen (secondary N) is 1. The van der Waals surface area contributed by atoms with Crippen molar-refractivity contribution in [3.05, 3.63) is 0 Å². The summed E-state index contributed by atoms with van der Waals surface area (Å²) in [4.78, 5) is 12.0. The van der Waals surface area contributed by atoms with Gasteiger partial charge in [0, 0.05) is 19.7 Å². The molecule has 0 aromatic heterocycles. The van der Waals surface area contributed by atoms with Crippen molar-refractivity contribution in [1.29, 1.82) is 0 Å². The molecule has 2 atom stereocenters. The summed E-state index contributed by atoms with van der Waals surface area (Å²) in [5.74, 6) is -0.201. The lowest BCUT2D eigenvalue weighted by molar-refractivity contribution is -0.124. The molecule has 0 aromatic carbocycles. The molecule has 18 heavy (non-hydrogen) atoms. The first-order valence-corrected chi connectivity index (χ1v) is 8.19. The summed E-state index contributed by atoms with van der Waals surface area (Å²) in [6, 6.07) is -0.540. The molecule has 2 aliphatic heterocycles. The molecule has 2 heterocycles. The van der Waals surface area contributed by atoms with Crippen molar-refractivity contribution in [3.63, 3.8) is 0 Å². The molecule has 0 saturated carbocycles. The highest BCUT2D eigenvalue weighted by molar-refractivity contribution is 7.88. The second-order valence-corrected chi connectivity index (χ2v) is 6.85. The molecule has 1 amide bonds. The van der Waals surface area contributed by atoms with E-state index < -0.39 is 16.1 Å². The molecule has 1 N–H and O–H groups in total. The lowest BCUT2D eigenvalue weighted by Gasteiger charge is -2.22. The molecule has 2 saturated heterocycles. The maximum absolute atomic E-state index is 12.0. The number of carbonyl (C=O) groups excluding carboxylic acids is 1. The number of rotatable bonds is 4. The van der Waals surface area contributed by atoms with Crippen molar-refractivity contribution in [2.45, 2.75) is 37.8 Å². The molecule has 6 nitrogen and oxygen atoms in total. The van der Waals surface area contributed by atoms with Crippen molar-refractivity contribution in [2.75, 3.05) is 26.0 Å². The van der Waals surface area contributed by atoms with Crippen LogP contribution in [0.4, 0.5) is 0 Å². The van der Waals surface area contributed by atoms with Crippen molar-refractivity contribution in [1.82, 2.24) is 9.62 Å². The number of ether oxygens (including phenoxy) is 1. The third kappa shape index (κ3) is 3.21. The first-order valence-electron chi connectivity index (χ1n) is 6.34. The van der Waals surface area contributed by atoms with Crippen LogP contribution in [0.15, 0.2) is 0 Å². The van der Waals surface area contributed by atoms with E-state index in [-0.39, 0.29) is 12.0 Å². The summed E-state index contributed by atoms with van der Waals surface area (Å²) in [5, 5.41) is 2.80. The molecule has 2 fully saturated rings. The Balaban J connectivity index is 1.87. The Kier molecular flexibility index (Phi) is 4.24. The van der Waals surface area contributed by atoms with E-state index in [0.717, 1.165) is 32.1 Å². The van der Waals surface area contributed by atoms with Gasteiger partial charge in [0.05, 0.1) is 12.4 Å². The zero-order valence-electron chi connectivity index (χ0n) is 10.6. The summed E-state index contributed by atoms with van der Waals surface area (Å²) < 4.78 is 29.8. The molecule has 0 aromatic rings. The van der Waals surface area contributed by atoms with Gasteiger partial charge in [-0.05, 0) is 25.7 Å². The molecule has 7 heteroatoms. The Morgan fingerprint density at radius 3 is 2.78 bits per heavy atom. The highest BCUT2D eigenvalue weighted by Crippen LogP contribution is 2.20. The number of hydrogen-bond acceptors (Lipinski definition) is 4. The monoisotopic (exact) mass is 276 g/mol. The van der Waals surface area contributed by atoms with Gasteiger partial charge >= 0.3 is 0 Å². The van der Waals surface area contributed by atoms with Crippen LogP contribution in [0.3, 0.4) is 0 Å². The van der Waals surface area contributed by atoms with Gasteiger partial charge < -0.3 is 10.1 Å². The van der Waals surface area contributed by atoms with Crippen LogP contribution in [0.5, 0.6) is 0 Å². The Morgan fingerprint density at radius 2 is 2.17 bits per heavy atom. The predicted octanol–water partition coefficient (Wildman–Crippen LogP) is -0.294. The Hall–Kier alpha value is -0.660. The van der Waals surface area contributed by atoms with Crippen LogP contribution >= 0.6 is 0 Å². The quantitative estimate of drug-likeness (QED) is 0.765. The van der Waals surface area contributed by atoms with Crippen LogP contribution in [-0.4, -0.2) is 56.7 Å². The van der Waals surface area contributed by atoms with E-state index in [1.165, 1.54) is 4.31 Å². The predicted molar refractivity (Wildman–Crippen MR) is 66.6 cm³/mol. The number of carbonyl (C=O) groups is 1. The largest absolute Gasteiger partial charge is 0.376 e. The minimum atomic E-state index is -3.29. The van der Waals surface area contributed by atoms with Gasteiger partial charge in [-0.15, -0.1) is 0 Å². The average molecular weight is 276 g/mol. The molecule has 2 aliphatic rings. The summed E-state index contributed by atoms with van der Waals surface area (Å²) in [5.41, 5.74) is 0. The molecule has 0 unspecified atom stereocenters. The fourth-order valence-electron chi connectivity index (χ4n) is 2.54. The van der Waals surface area contributed by atoms with Gasteiger partial charge in [-0.3, -0.25) is 4.79 Å². The second-order valence-electron chi connectivity index (χ2n) is 4.91. The highest BCUT2D eigenvalue weighted by Gasteiger charge is 2.36. The molecule has 0 spiro atoms. The standard InChI is InChI=1S/C11H20N2O4S/c1-18(15,16)13-6-2-5-10(13)11(14)12-8-9-4-3-7-17-9/h9-10H,2-8H2,1H3,(H,12,14)/t9-,10+/m1/s1. The van der Waals surface area contributed by atoms with Crippen LogP contribution in [0.25, 0.3) is 0 Å². The van der Waals surface area contributed by atoms with Crippen LogP contribution < -0.4 is 5.32 Å².